The number of hydrogen-bond acceptors (Lipinski definition) is 4. The molecule has 0 unspecified atom stereocenters. The van der Waals surface area contributed by atoms with Gasteiger partial charge >= 0.3 is 0 Å². The van der Waals surface area contributed by atoms with Crippen molar-refractivity contribution in [1.29, 1.82) is 0 Å². The van der Waals surface area contributed by atoms with Crippen LogP contribution >= 0.6 is 0 Å². The molecule has 0 aliphatic rings. The fourth-order valence-electron chi connectivity index (χ4n) is 1.65. The summed E-state index contributed by atoms with van der Waals surface area (Å²) in [6, 6.07) is 9.44. The standard InChI is InChI=1S/C13H15N3O/c1-3-9-8-12(14)16-13(15-9)10-6-4-5-7-11(10)17-2/h4-8H,3H2,1-2H3,(H2,14,15,16). The molecule has 0 spiro atoms. The zero-order chi connectivity index (χ0) is 12.3. The summed E-state index contributed by atoms with van der Waals surface area (Å²) in [5.41, 5.74) is 7.56. The first kappa shape index (κ1) is 11.4. The molecule has 17 heavy (non-hydrogen) atoms. The molecule has 0 saturated carbocycles. The molecule has 1 heterocycles. The van der Waals surface area contributed by atoms with Crippen molar-refractivity contribution in [1.82, 2.24) is 9.97 Å². The normalized spacial score (nSPS) is 10.2. The molecule has 0 radical (unpaired) electrons. The summed E-state index contributed by atoms with van der Waals surface area (Å²) in [4.78, 5) is 8.71. The first-order chi connectivity index (χ1) is 8.24. The summed E-state index contributed by atoms with van der Waals surface area (Å²) >= 11 is 0. The number of benzene rings is 1. The molecule has 2 aromatic rings. The van der Waals surface area contributed by atoms with Crippen LogP contribution in [0.5, 0.6) is 5.75 Å². The van der Waals surface area contributed by atoms with Gasteiger partial charge in [0.1, 0.15) is 11.6 Å². The summed E-state index contributed by atoms with van der Waals surface area (Å²) in [5, 5.41) is 0. The molecule has 0 fully saturated rings. The molecule has 1 aromatic heterocycles. The summed E-state index contributed by atoms with van der Waals surface area (Å²) in [6.07, 6.45) is 0.828. The van der Waals surface area contributed by atoms with E-state index in [9.17, 15) is 0 Å². The largest absolute Gasteiger partial charge is 0.496 e. The van der Waals surface area contributed by atoms with Crippen molar-refractivity contribution in [3.63, 3.8) is 0 Å². The molecule has 0 saturated heterocycles. The Kier molecular flexibility index (Phi) is 3.23. The fraction of sp³-hybridized carbons (Fsp3) is 0.231. The molecular formula is C13H15N3O. The van der Waals surface area contributed by atoms with Gasteiger partial charge in [-0.05, 0) is 18.6 Å². The van der Waals surface area contributed by atoms with Gasteiger partial charge in [0.05, 0.1) is 12.7 Å². The van der Waals surface area contributed by atoms with Crippen molar-refractivity contribution in [3.8, 4) is 17.1 Å². The highest BCUT2D eigenvalue weighted by Gasteiger charge is 2.09. The lowest BCUT2D eigenvalue weighted by Crippen LogP contribution is -2.00. The third-order valence-corrected chi connectivity index (χ3v) is 2.51. The number of ether oxygens (including phenoxy) is 1. The van der Waals surface area contributed by atoms with E-state index in [4.69, 9.17) is 10.5 Å². The maximum atomic E-state index is 5.77. The first-order valence-corrected chi connectivity index (χ1v) is 5.51. The van der Waals surface area contributed by atoms with E-state index in [-0.39, 0.29) is 0 Å². The van der Waals surface area contributed by atoms with Gasteiger partial charge in [0, 0.05) is 11.8 Å². The molecule has 4 heteroatoms. The Bertz CT molecular complexity index is 526. The number of aromatic nitrogens is 2. The van der Waals surface area contributed by atoms with Crippen molar-refractivity contribution < 1.29 is 4.74 Å². The predicted octanol–water partition coefficient (Wildman–Crippen LogP) is 2.30. The molecule has 0 atom stereocenters. The Balaban J connectivity index is 2.55. The Morgan fingerprint density at radius 1 is 1.24 bits per heavy atom. The molecule has 88 valence electrons. The molecule has 1 aromatic carbocycles. The van der Waals surface area contributed by atoms with Crippen molar-refractivity contribution in [2.75, 3.05) is 12.8 Å². The van der Waals surface area contributed by atoms with Crippen molar-refractivity contribution >= 4 is 5.82 Å². The van der Waals surface area contributed by atoms with Crippen molar-refractivity contribution in [2.24, 2.45) is 0 Å². The lowest BCUT2D eigenvalue weighted by atomic mass is 10.2. The summed E-state index contributed by atoms with van der Waals surface area (Å²) < 4.78 is 5.29. The summed E-state index contributed by atoms with van der Waals surface area (Å²) in [7, 11) is 1.63. The highest BCUT2D eigenvalue weighted by Crippen LogP contribution is 2.27. The highest BCUT2D eigenvalue weighted by molar-refractivity contribution is 5.65. The van der Waals surface area contributed by atoms with Gasteiger partial charge in [-0.15, -0.1) is 0 Å². The predicted molar refractivity (Wildman–Crippen MR) is 67.8 cm³/mol. The van der Waals surface area contributed by atoms with Crippen LogP contribution in [0.15, 0.2) is 30.3 Å². The van der Waals surface area contributed by atoms with Gasteiger partial charge in [0.15, 0.2) is 5.82 Å². The summed E-state index contributed by atoms with van der Waals surface area (Å²) in [6.45, 7) is 2.04. The lowest BCUT2D eigenvalue weighted by molar-refractivity contribution is 0.416. The van der Waals surface area contributed by atoms with E-state index in [0.29, 0.717) is 11.6 Å². The fourth-order valence-corrected chi connectivity index (χ4v) is 1.65. The van der Waals surface area contributed by atoms with Gasteiger partial charge < -0.3 is 10.5 Å². The minimum atomic E-state index is 0.484. The van der Waals surface area contributed by atoms with Crippen LogP contribution in [0.4, 0.5) is 5.82 Å². The van der Waals surface area contributed by atoms with Gasteiger partial charge in [-0.25, -0.2) is 9.97 Å². The molecule has 0 aliphatic heterocycles. The van der Waals surface area contributed by atoms with Gasteiger partial charge in [0.2, 0.25) is 0 Å². The van der Waals surface area contributed by atoms with Gasteiger partial charge in [-0.2, -0.15) is 0 Å². The van der Waals surface area contributed by atoms with Gasteiger partial charge in [0.25, 0.3) is 0 Å². The summed E-state index contributed by atoms with van der Waals surface area (Å²) in [5.74, 6) is 1.84. The molecule has 0 aliphatic carbocycles. The highest BCUT2D eigenvalue weighted by atomic mass is 16.5. The van der Waals surface area contributed by atoms with E-state index >= 15 is 0 Å². The van der Waals surface area contributed by atoms with E-state index in [2.05, 4.69) is 9.97 Å². The average Bonchev–Trinajstić information content (AvgIpc) is 2.37. The minimum Gasteiger partial charge on any atom is -0.496 e. The van der Waals surface area contributed by atoms with Gasteiger partial charge in [-0.3, -0.25) is 0 Å². The van der Waals surface area contributed by atoms with Gasteiger partial charge in [-0.1, -0.05) is 19.1 Å². The van der Waals surface area contributed by atoms with Crippen LogP contribution in [0.2, 0.25) is 0 Å². The number of rotatable bonds is 3. The average molecular weight is 229 g/mol. The van der Waals surface area contributed by atoms with E-state index < -0.39 is 0 Å². The Hall–Kier alpha value is -2.10. The second kappa shape index (κ2) is 4.82. The Labute approximate surface area is 100 Å². The van der Waals surface area contributed by atoms with Crippen LogP contribution in [-0.4, -0.2) is 17.1 Å². The van der Waals surface area contributed by atoms with Crippen LogP contribution < -0.4 is 10.5 Å². The van der Waals surface area contributed by atoms with Crippen LogP contribution in [0.3, 0.4) is 0 Å². The van der Waals surface area contributed by atoms with Crippen LogP contribution in [0.25, 0.3) is 11.4 Å². The molecule has 2 rings (SSSR count). The maximum Gasteiger partial charge on any atom is 0.165 e. The minimum absolute atomic E-state index is 0.484. The molecule has 2 N–H and O–H groups in total. The third kappa shape index (κ3) is 2.36. The number of nitrogens with zero attached hydrogens (tertiary/aromatic N) is 2. The number of nitrogens with two attached hydrogens (primary N) is 1. The topological polar surface area (TPSA) is 61.0 Å². The second-order valence-electron chi connectivity index (χ2n) is 3.66. The number of aryl methyl sites for hydroxylation is 1. The zero-order valence-electron chi connectivity index (χ0n) is 9.97. The van der Waals surface area contributed by atoms with Crippen LogP contribution in [0.1, 0.15) is 12.6 Å². The Morgan fingerprint density at radius 3 is 2.71 bits per heavy atom. The SMILES string of the molecule is CCc1cc(N)nc(-c2ccccc2OC)n1. The molecule has 4 nitrogen and oxygen atoms in total. The Morgan fingerprint density at radius 2 is 2.00 bits per heavy atom. The number of para-hydroxylation sites is 1. The van der Waals surface area contributed by atoms with E-state index in [1.807, 2.05) is 31.2 Å². The second-order valence-corrected chi connectivity index (χ2v) is 3.66. The van der Waals surface area contributed by atoms with Crippen molar-refractivity contribution in [2.45, 2.75) is 13.3 Å². The quantitative estimate of drug-likeness (QED) is 0.877. The monoisotopic (exact) mass is 229 g/mol. The van der Waals surface area contributed by atoms with E-state index in [1.165, 1.54) is 0 Å². The number of nitrogen functional groups attached to an aromatic ring is 1. The maximum absolute atomic E-state index is 5.77. The molecular weight excluding hydrogens is 214 g/mol. The number of anilines is 1. The lowest BCUT2D eigenvalue weighted by Gasteiger charge is -2.08. The van der Waals surface area contributed by atoms with E-state index in [0.717, 1.165) is 23.4 Å². The third-order valence-electron chi connectivity index (χ3n) is 2.51. The van der Waals surface area contributed by atoms with E-state index in [1.54, 1.807) is 13.2 Å². The molecule has 0 amide bonds. The van der Waals surface area contributed by atoms with Crippen molar-refractivity contribution in [3.05, 3.63) is 36.0 Å². The zero-order valence-corrected chi connectivity index (χ0v) is 9.97. The van der Waals surface area contributed by atoms with Crippen LogP contribution in [0, 0.1) is 0 Å². The number of hydrogen-bond donors (Lipinski definition) is 1. The first-order valence-electron chi connectivity index (χ1n) is 5.51. The number of methoxy groups -OCH3 is 1. The smallest absolute Gasteiger partial charge is 0.165 e. The molecule has 0 bridgehead atoms. The van der Waals surface area contributed by atoms with Crippen LogP contribution in [-0.2, 0) is 6.42 Å².